The Morgan fingerprint density at radius 3 is 2.29 bits per heavy atom. The van der Waals surface area contributed by atoms with Gasteiger partial charge in [-0.25, -0.2) is 0 Å². The first kappa shape index (κ1) is 12.1. The Morgan fingerprint density at radius 2 is 1.59 bits per heavy atom. The lowest BCUT2D eigenvalue weighted by atomic mass is 10.3. The van der Waals surface area contributed by atoms with Gasteiger partial charge in [-0.1, -0.05) is 35.3 Å². The lowest BCUT2D eigenvalue weighted by molar-refractivity contribution is 0.409. The zero-order valence-corrected chi connectivity index (χ0v) is 10.6. The summed E-state index contributed by atoms with van der Waals surface area (Å²) in [5.74, 6) is 1.79. The van der Waals surface area contributed by atoms with Crippen LogP contribution in [-0.2, 0) is 0 Å². The van der Waals surface area contributed by atoms with Crippen LogP contribution in [0, 0.1) is 0 Å². The monoisotopic (exact) mass is 268 g/mol. The first-order valence-electron chi connectivity index (χ1n) is 4.96. The molecule has 2 aromatic rings. The third kappa shape index (κ3) is 2.84. The molecule has 0 saturated carbocycles. The molecule has 0 aliphatic carbocycles. The smallest absolute Gasteiger partial charge is 0.146 e. The van der Waals surface area contributed by atoms with E-state index in [0.717, 1.165) is 0 Å². The molecule has 2 rings (SSSR count). The molecule has 0 saturated heterocycles. The number of rotatable bonds is 3. The Morgan fingerprint density at radius 1 is 0.882 bits per heavy atom. The highest BCUT2D eigenvalue weighted by molar-refractivity contribution is 6.32. The van der Waals surface area contributed by atoms with Crippen molar-refractivity contribution in [2.24, 2.45) is 0 Å². The van der Waals surface area contributed by atoms with Crippen LogP contribution in [0.15, 0.2) is 42.5 Å². The Kier molecular flexibility index (Phi) is 3.77. The van der Waals surface area contributed by atoms with Crippen molar-refractivity contribution in [1.29, 1.82) is 0 Å². The molecule has 0 N–H and O–H groups in total. The average Bonchev–Trinajstić information content (AvgIpc) is 2.34. The molecule has 88 valence electrons. The molecule has 2 nitrogen and oxygen atoms in total. The molecule has 0 unspecified atom stereocenters. The van der Waals surface area contributed by atoms with E-state index < -0.39 is 0 Å². The van der Waals surface area contributed by atoms with Crippen molar-refractivity contribution < 1.29 is 9.47 Å². The minimum Gasteiger partial charge on any atom is -0.495 e. The van der Waals surface area contributed by atoms with Crippen LogP contribution in [0.2, 0.25) is 10.0 Å². The fourth-order valence-electron chi connectivity index (χ4n) is 1.36. The molecular weight excluding hydrogens is 259 g/mol. The van der Waals surface area contributed by atoms with E-state index in [-0.39, 0.29) is 0 Å². The van der Waals surface area contributed by atoms with E-state index >= 15 is 0 Å². The molecule has 17 heavy (non-hydrogen) atoms. The molecule has 0 fully saturated rings. The molecule has 0 bridgehead atoms. The van der Waals surface area contributed by atoms with Gasteiger partial charge in [-0.15, -0.1) is 0 Å². The quantitative estimate of drug-likeness (QED) is 0.797. The summed E-state index contributed by atoms with van der Waals surface area (Å²) < 4.78 is 10.7. The summed E-state index contributed by atoms with van der Waals surface area (Å²) >= 11 is 11.9. The maximum atomic E-state index is 6.00. The van der Waals surface area contributed by atoms with Crippen LogP contribution in [0.25, 0.3) is 0 Å². The fraction of sp³-hybridized carbons (Fsp3) is 0.0769. The summed E-state index contributed by atoms with van der Waals surface area (Å²) in [5, 5.41) is 1.10. The van der Waals surface area contributed by atoms with Gasteiger partial charge in [0.25, 0.3) is 0 Å². The molecule has 4 heteroatoms. The number of hydrogen-bond acceptors (Lipinski definition) is 2. The summed E-state index contributed by atoms with van der Waals surface area (Å²) in [6, 6.07) is 12.5. The van der Waals surface area contributed by atoms with Gasteiger partial charge in [-0.3, -0.25) is 0 Å². The lowest BCUT2D eigenvalue weighted by Crippen LogP contribution is -1.88. The van der Waals surface area contributed by atoms with E-state index in [1.165, 1.54) is 0 Å². The average molecular weight is 269 g/mol. The van der Waals surface area contributed by atoms with Crippen molar-refractivity contribution in [3.8, 4) is 17.2 Å². The highest BCUT2D eigenvalue weighted by atomic mass is 35.5. The van der Waals surface area contributed by atoms with Crippen molar-refractivity contribution >= 4 is 23.2 Å². The molecule has 0 aliphatic rings. The van der Waals surface area contributed by atoms with Crippen molar-refractivity contribution in [2.45, 2.75) is 0 Å². The van der Waals surface area contributed by atoms with Gasteiger partial charge in [0.15, 0.2) is 0 Å². The zero-order valence-electron chi connectivity index (χ0n) is 9.11. The van der Waals surface area contributed by atoms with Gasteiger partial charge >= 0.3 is 0 Å². The second-order valence-corrected chi connectivity index (χ2v) is 4.14. The van der Waals surface area contributed by atoms with Crippen molar-refractivity contribution in [3.05, 3.63) is 52.5 Å². The highest BCUT2D eigenvalue weighted by Gasteiger charge is 2.05. The number of halogens is 2. The molecule has 0 aliphatic heterocycles. The van der Waals surface area contributed by atoms with Crippen molar-refractivity contribution in [3.63, 3.8) is 0 Å². The minimum atomic E-state index is 0.541. The van der Waals surface area contributed by atoms with Crippen LogP contribution < -0.4 is 9.47 Å². The number of benzene rings is 2. The van der Waals surface area contributed by atoms with Gasteiger partial charge in [0.1, 0.15) is 17.2 Å². The Bertz CT molecular complexity index is 527. The molecule has 0 atom stereocenters. The SMILES string of the molecule is COc1cc(Oc2ccccc2Cl)ccc1Cl. The predicted octanol–water partition coefficient (Wildman–Crippen LogP) is 4.79. The number of ether oxygens (including phenoxy) is 2. The molecular formula is C13H10Cl2O2. The van der Waals surface area contributed by atoms with E-state index in [2.05, 4.69) is 0 Å². The fourth-order valence-corrected chi connectivity index (χ4v) is 1.73. The molecule has 2 aromatic carbocycles. The third-order valence-electron chi connectivity index (χ3n) is 2.19. The van der Waals surface area contributed by atoms with Crippen LogP contribution in [0.4, 0.5) is 0 Å². The maximum Gasteiger partial charge on any atom is 0.146 e. The highest BCUT2D eigenvalue weighted by Crippen LogP contribution is 2.33. The summed E-state index contributed by atoms with van der Waals surface area (Å²) in [7, 11) is 1.56. The maximum absolute atomic E-state index is 6.00. The molecule has 0 aromatic heterocycles. The zero-order chi connectivity index (χ0) is 12.3. The van der Waals surface area contributed by atoms with E-state index in [0.29, 0.717) is 27.3 Å². The van der Waals surface area contributed by atoms with Crippen LogP contribution in [0.1, 0.15) is 0 Å². The van der Waals surface area contributed by atoms with E-state index in [4.69, 9.17) is 32.7 Å². The third-order valence-corrected chi connectivity index (χ3v) is 2.81. The largest absolute Gasteiger partial charge is 0.495 e. The van der Waals surface area contributed by atoms with E-state index in [1.807, 2.05) is 12.1 Å². The number of hydrogen-bond donors (Lipinski definition) is 0. The summed E-state index contributed by atoms with van der Waals surface area (Å²) in [6.45, 7) is 0. The van der Waals surface area contributed by atoms with Gasteiger partial charge < -0.3 is 9.47 Å². The second kappa shape index (κ2) is 5.30. The van der Waals surface area contributed by atoms with Crippen LogP contribution in [-0.4, -0.2) is 7.11 Å². The van der Waals surface area contributed by atoms with Crippen molar-refractivity contribution in [2.75, 3.05) is 7.11 Å². The Balaban J connectivity index is 2.28. The van der Waals surface area contributed by atoms with Crippen LogP contribution in [0.3, 0.4) is 0 Å². The van der Waals surface area contributed by atoms with Gasteiger partial charge in [-0.05, 0) is 24.3 Å². The summed E-state index contributed by atoms with van der Waals surface area (Å²) in [5.41, 5.74) is 0. The van der Waals surface area contributed by atoms with E-state index in [1.54, 1.807) is 37.4 Å². The Labute approximate surface area is 110 Å². The van der Waals surface area contributed by atoms with Crippen molar-refractivity contribution in [1.82, 2.24) is 0 Å². The number of para-hydroxylation sites is 1. The second-order valence-electron chi connectivity index (χ2n) is 3.33. The summed E-state index contributed by atoms with van der Waals surface area (Å²) in [6.07, 6.45) is 0. The molecule has 0 heterocycles. The molecule has 0 spiro atoms. The normalized spacial score (nSPS) is 10.1. The first-order valence-corrected chi connectivity index (χ1v) is 5.72. The van der Waals surface area contributed by atoms with Gasteiger partial charge in [-0.2, -0.15) is 0 Å². The molecule has 0 amide bonds. The topological polar surface area (TPSA) is 18.5 Å². The predicted molar refractivity (Wildman–Crippen MR) is 69.5 cm³/mol. The van der Waals surface area contributed by atoms with Gasteiger partial charge in [0.2, 0.25) is 0 Å². The minimum absolute atomic E-state index is 0.541. The van der Waals surface area contributed by atoms with Gasteiger partial charge in [0, 0.05) is 6.07 Å². The lowest BCUT2D eigenvalue weighted by Gasteiger charge is -2.09. The molecule has 0 radical (unpaired) electrons. The number of methoxy groups -OCH3 is 1. The van der Waals surface area contributed by atoms with Gasteiger partial charge in [0.05, 0.1) is 17.2 Å². The van der Waals surface area contributed by atoms with E-state index in [9.17, 15) is 0 Å². The first-order chi connectivity index (χ1) is 8.20. The van der Waals surface area contributed by atoms with Crippen LogP contribution >= 0.6 is 23.2 Å². The Hall–Kier alpha value is -1.38. The standard InChI is InChI=1S/C13H10Cl2O2/c1-16-13-8-9(6-7-11(13)15)17-12-5-3-2-4-10(12)14/h2-8H,1H3. The summed E-state index contributed by atoms with van der Waals surface area (Å²) in [4.78, 5) is 0. The van der Waals surface area contributed by atoms with Crippen LogP contribution in [0.5, 0.6) is 17.2 Å².